The lowest BCUT2D eigenvalue weighted by Crippen LogP contribution is -2.34. The average molecular weight is 437 g/mol. The van der Waals surface area contributed by atoms with Gasteiger partial charge in [0.2, 0.25) is 5.91 Å². The molecule has 3 heterocycles. The van der Waals surface area contributed by atoms with Gasteiger partial charge in [0, 0.05) is 30.5 Å². The van der Waals surface area contributed by atoms with Gasteiger partial charge in [-0.25, -0.2) is 9.97 Å². The number of hydrogen-bond acceptors (Lipinski definition) is 7. The van der Waals surface area contributed by atoms with Crippen LogP contribution in [0.2, 0.25) is 0 Å². The van der Waals surface area contributed by atoms with Gasteiger partial charge in [-0.1, -0.05) is 30.3 Å². The van der Waals surface area contributed by atoms with Gasteiger partial charge in [-0.3, -0.25) is 9.59 Å². The number of ether oxygens (including phenoxy) is 1. The lowest BCUT2D eigenvalue weighted by molar-refractivity contribution is -0.139. The van der Waals surface area contributed by atoms with E-state index in [1.54, 1.807) is 28.6 Å². The van der Waals surface area contributed by atoms with Gasteiger partial charge in [-0.2, -0.15) is 0 Å². The van der Waals surface area contributed by atoms with Crippen molar-refractivity contribution in [1.82, 2.24) is 14.9 Å². The molecule has 0 bridgehead atoms. The molecular formula is C23H24N4O3S. The summed E-state index contributed by atoms with van der Waals surface area (Å²) in [6.07, 6.45) is 5.38. The van der Waals surface area contributed by atoms with E-state index in [9.17, 15) is 9.59 Å². The fourth-order valence-electron chi connectivity index (χ4n) is 3.68. The number of nitrogens with zero attached hydrogens (tertiary/aromatic N) is 3. The van der Waals surface area contributed by atoms with E-state index in [0.717, 1.165) is 27.3 Å². The third-order valence-corrected chi connectivity index (χ3v) is 6.37. The minimum absolute atomic E-state index is 0.0857. The molecule has 1 aliphatic heterocycles. The number of carbonyl (C=O) groups is 2. The molecule has 0 saturated heterocycles. The van der Waals surface area contributed by atoms with E-state index in [1.807, 2.05) is 18.2 Å². The number of carbonyl (C=O) groups excluding carboxylic acids is 2. The average Bonchev–Trinajstić information content (AvgIpc) is 3.15. The first-order valence-electron chi connectivity index (χ1n) is 10.2. The van der Waals surface area contributed by atoms with Gasteiger partial charge < -0.3 is 15.0 Å². The molecule has 1 amide bonds. The lowest BCUT2D eigenvalue weighted by Gasteiger charge is -2.26. The number of rotatable bonds is 6. The van der Waals surface area contributed by atoms with Gasteiger partial charge in [0.15, 0.2) is 0 Å². The van der Waals surface area contributed by atoms with Crippen molar-refractivity contribution in [2.75, 3.05) is 18.5 Å². The Bertz CT molecular complexity index is 1130. The Hall–Kier alpha value is -3.26. The summed E-state index contributed by atoms with van der Waals surface area (Å²) in [5.41, 5.74) is 2.41. The third-order valence-electron chi connectivity index (χ3n) is 5.24. The van der Waals surface area contributed by atoms with Gasteiger partial charge in [-0.15, -0.1) is 11.3 Å². The second-order valence-corrected chi connectivity index (χ2v) is 8.48. The normalized spacial score (nSPS) is 14.5. The molecule has 31 heavy (non-hydrogen) atoms. The Labute approximate surface area is 184 Å². The number of aromatic nitrogens is 2. The predicted molar refractivity (Wildman–Crippen MR) is 121 cm³/mol. The lowest BCUT2D eigenvalue weighted by atomic mass is 10.0. The fourth-order valence-corrected chi connectivity index (χ4v) is 4.88. The highest BCUT2D eigenvalue weighted by Crippen LogP contribution is 2.38. The summed E-state index contributed by atoms with van der Waals surface area (Å²) in [6, 6.07) is 10.4. The van der Waals surface area contributed by atoms with Gasteiger partial charge in [-0.05, 0) is 30.5 Å². The monoisotopic (exact) mass is 436 g/mol. The van der Waals surface area contributed by atoms with E-state index in [2.05, 4.69) is 34.3 Å². The quantitative estimate of drug-likeness (QED) is 0.466. The van der Waals surface area contributed by atoms with Crippen LogP contribution in [0.15, 0.2) is 48.8 Å². The molecule has 1 aliphatic rings. The van der Waals surface area contributed by atoms with Gasteiger partial charge in [0.25, 0.3) is 0 Å². The maximum Gasteiger partial charge on any atom is 0.302 e. The maximum absolute atomic E-state index is 12.5. The second kappa shape index (κ2) is 9.26. The third kappa shape index (κ3) is 4.74. The molecule has 8 heteroatoms. The van der Waals surface area contributed by atoms with Crippen molar-refractivity contribution in [3.8, 4) is 0 Å². The summed E-state index contributed by atoms with van der Waals surface area (Å²) in [4.78, 5) is 36.2. The van der Waals surface area contributed by atoms with E-state index < -0.39 is 0 Å². The van der Waals surface area contributed by atoms with Crippen LogP contribution in [0, 0.1) is 0 Å². The van der Waals surface area contributed by atoms with Gasteiger partial charge in [0.05, 0.1) is 11.9 Å². The number of benzene rings is 1. The fraction of sp³-hybridized carbons (Fsp3) is 0.304. The molecule has 160 valence electrons. The molecular weight excluding hydrogens is 412 g/mol. The van der Waals surface area contributed by atoms with Crippen LogP contribution in [-0.2, 0) is 27.3 Å². The van der Waals surface area contributed by atoms with Gasteiger partial charge in [0.1, 0.15) is 23.6 Å². The van der Waals surface area contributed by atoms with E-state index in [0.29, 0.717) is 13.1 Å². The summed E-state index contributed by atoms with van der Waals surface area (Å²) < 4.78 is 4.84. The summed E-state index contributed by atoms with van der Waals surface area (Å²) in [6.45, 7) is 4.73. The summed E-state index contributed by atoms with van der Waals surface area (Å²) in [5.74, 6) is 0.384. The Morgan fingerprint density at radius 2 is 2.10 bits per heavy atom. The van der Waals surface area contributed by atoms with E-state index in [-0.39, 0.29) is 24.5 Å². The summed E-state index contributed by atoms with van der Waals surface area (Å²) in [7, 11) is 0. The number of anilines is 1. The first-order valence-corrected chi connectivity index (χ1v) is 11.0. The second-order valence-electron chi connectivity index (χ2n) is 7.40. The molecule has 4 rings (SSSR count). The zero-order valence-electron chi connectivity index (χ0n) is 17.5. The molecule has 3 aromatic rings. The van der Waals surface area contributed by atoms with Crippen LogP contribution in [0.5, 0.6) is 0 Å². The predicted octanol–water partition coefficient (Wildman–Crippen LogP) is 3.87. The Morgan fingerprint density at radius 3 is 2.87 bits per heavy atom. The topological polar surface area (TPSA) is 84.4 Å². The van der Waals surface area contributed by atoms with Crippen LogP contribution >= 0.6 is 11.3 Å². The van der Waals surface area contributed by atoms with Gasteiger partial charge >= 0.3 is 5.97 Å². The number of nitrogens with one attached hydrogen (secondary N) is 1. The van der Waals surface area contributed by atoms with Crippen LogP contribution in [0.3, 0.4) is 0 Å². The number of thiophene rings is 1. The van der Waals surface area contributed by atoms with Crippen LogP contribution in [0.4, 0.5) is 5.82 Å². The van der Waals surface area contributed by atoms with Crippen molar-refractivity contribution in [2.24, 2.45) is 0 Å². The summed E-state index contributed by atoms with van der Waals surface area (Å²) >= 11 is 1.61. The SMILES string of the molecule is CC(=O)OCC=CC(=O)N1CCc2c(sc3ncnc(N[C@H](C)c4ccccc4)c23)C1. The minimum atomic E-state index is -0.364. The van der Waals surface area contributed by atoms with Crippen LogP contribution in [-0.4, -0.2) is 39.9 Å². The first-order chi connectivity index (χ1) is 15.0. The standard InChI is InChI=1S/C23H24N4O3S/c1-15(17-7-4-3-5-8-17)26-22-21-18-10-11-27(20(29)9-6-12-30-16(2)28)13-19(18)31-23(21)25-14-24-22/h3-9,14-15H,10-13H2,1-2H3,(H,24,25,26)/t15-/m1/s1. The highest BCUT2D eigenvalue weighted by atomic mass is 32.1. The maximum atomic E-state index is 12.5. The van der Waals surface area contributed by atoms with Crippen molar-refractivity contribution < 1.29 is 14.3 Å². The van der Waals surface area contributed by atoms with Crippen molar-refractivity contribution in [3.63, 3.8) is 0 Å². The number of hydrogen-bond donors (Lipinski definition) is 1. The molecule has 0 fully saturated rings. The molecule has 7 nitrogen and oxygen atoms in total. The van der Waals surface area contributed by atoms with Crippen molar-refractivity contribution in [1.29, 1.82) is 0 Å². The highest BCUT2D eigenvalue weighted by molar-refractivity contribution is 7.19. The van der Waals surface area contributed by atoms with Crippen molar-refractivity contribution in [3.05, 3.63) is 64.8 Å². The van der Waals surface area contributed by atoms with Crippen LogP contribution in [0.1, 0.15) is 35.9 Å². The first kappa shape index (κ1) is 21.0. The Balaban J connectivity index is 1.52. The number of esters is 1. The molecule has 1 N–H and O–H groups in total. The molecule has 0 radical (unpaired) electrons. The van der Waals surface area contributed by atoms with Crippen LogP contribution in [0.25, 0.3) is 10.2 Å². The number of amides is 1. The zero-order valence-corrected chi connectivity index (χ0v) is 18.3. The smallest absolute Gasteiger partial charge is 0.302 e. The van der Waals surface area contributed by atoms with Crippen LogP contribution < -0.4 is 5.32 Å². The van der Waals surface area contributed by atoms with Crippen molar-refractivity contribution >= 4 is 39.2 Å². The molecule has 0 saturated carbocycles. The Morgan fingerprint density at radius 1 is 1.29 bits per heavy atom. The largest absolute Gasteiger partial charge is 0.462 e. The van der Waals surface area contributed by atoms with Crippen molar-refractivity contribution in [2.45, 2.75) is 32.9 Å². The molecule has 2 aromatic heterocycles. The Kier molecular flexibility index (Phi) is 6.27. The van der Waals surface area contributed by atoms with E-state index in [1.165, 1.54) is 24.1 Å². The zero-order chi connectivity index (χ0) is 21.8. The molecule has 1 atom stereocenters. The van der Waals surface area contributed by atoms with E-state index >= 15 is 0 Å². The summed E-state index contributed by atoms with van der Waals surface area (Å²) in [5, 5.41) is 4.60. The number of fused-ring (bicyclic) bond motifs is 3. The molecule has 0 aliphatic carbocycles. The molecule has 1 aromatic carbocycles. The highest BCUT2D eigenvalue weighted by Gasteiger charge is 2.25. The molecule has 0 unspecified atom stereocenters. The molecule has 0 spiro atoms. The minimum Gasteiger partial charge on any atom is -0.462 e. The van der Waals surface area contributed by atoms with E-state index in [4.69, 9.17) is 4.74 Å².